The van der Waals surface area contributed by atoms with Crippen LogP contribution in [0.15, 0.2) is 24.3 Å². The molecule has 1 N–H and O–H groups in total. The van der Waals surface area contributed by atoms with Gasteiger partial charge in [0.1, 0.15) is 11.9 Å². The molecule has 1 fully saturated rings. The van der Waals surface area contributed by atoms with Crippen molar-refractivity contribution in [2.24, 2.45) is 5.92 Å². The van der Waals surface area contributed by atoms with Crippen LogP contribution >= 0.6 is 0 Å². The molecule has 1 amide bonds. The Bertz CT molecular complexity index is 704. The van der Waals surface area contributed by atoms with Crippen LogP contribution in [0.3, 0.4) is 0 Å². The molecular weight excluding hydrogens is 314 g/mol. The molecule has 2 atom stereocenters. The Kier molecular flexibility index (Phi) is 6.08. The van der Waals surface area contributed by atoms with Crippen LogP contribution in [0.25, 0.3) is 11.0 Å². The first-order valence-electron chi connectivity index (χ1n) is 9.52. The van der Waals surface area contributed by atoms with Gasteiger partial charge in [0.2, 0.25) is 5.91 Å². The van der Waals surface area contributed by atoms with E-state index in [1.54, 1.807) is 0 Å². The molecule has 0 aliphatic carbocycles. The molecule has 136 valence electrons. The number of hydrogen-bond donors (Lipinski definition) is 1. The summed E-state index contributed by atoms with van der Waals surface area (Å²) in [7, 11) is 0. The zero-order valence-electron chi connectivity index (χ0n) is 15.3. The molecule has 5 nitrogen and oxygen atoms in total. The summed E-state index contributed by atoms with van der Waals surface area (Å²) in [6.07, 6.45) is 4.51. The number of ether oxygens (including phenoxy) is 1. The van der Waals surface area contributed by atoms with Gasteiger partial charge in [-0.15, -0.1) is 0 Å². The maximum Gasteiger partial charge on any atom is 0.249 e. The second-order valence-electron chi connectivity index (χ2n) is 7.04. The fraction of sp³-hybridized carbons (Fsp3) is 0.600. The molecule has 25 heavy (non-hydrogen) atoms. The maximum absolute atomic E-state index is 12.0. The minimum atomic E-state index is -0.241. The van der Waals surface area contributed by atoms with E-state index >= 15 is 0 Å². The maximum atomic E-state index is 12.0. The Morgan fingerprint density at radius 1 is 1.44 bits per heavy atom. The molecule has 0 bridgehead atoms. The van der Waals surface area contributed by atoms with Gasteiger partial charge in [-0.05, 0) is 37.3 Å². The number of fused-ring (bicyclic) bond motifs is 1. The summed E-state index contributed by atoms with van der Waals surface area (Å²) >= 11 is 0. The summed E-state index contributed by atoms with van der Waals surface area (Å²) in [4.78, 5) is 16.8. The van der Waals surface area contributed by atoms with Gasteiger partial charge in [0, 0.05) is 26.1 Å². The van der Waals surface area contributed by atoms with Crippen LogP contribution in [0.2, 0.25) is 0 Å². The monoisotopic (exact) mass is 343 g/mol. The van der Waals surface area contributed by atoms with E-state index in [1.165, 1.54) is 5.52 Å². The highest BCUT2D eigenvalue weighted by molar-refractivity contribution is 5.80. The van der Waals surface area contributed by atoms with Crippen molar-refractivity contribution in [1.82, 2.24) is 14.9 Å². The summed E-state index contributed by atoms with van der Waals surface area (Å²) in [6, 6.07) is 8.33. The van der Waals surface area contributed by atoms with Crippen molar-refractivity contribution < 1.29 is 9.53 Å². The minimum absolute atomic E-state index is 0.0330. The number of amides is 1. The highest BCUT2D eigenvalue weighted by atomic mass is 16.5. The van der Waals surface area contributed by atoms with Crippen LogP contribution in [0.4, 0.5) is 0 Å². The lowest BCUT2D eigenvalue weighted by Crippen LogP contribution is -2.34. The molecule has 2 aromatic rings. The highest BCUT2D eigenvalue weighted by Gasteiger charge is 2.22. The molecular formula is C20H29N3O2. The van der Waals surface area contributed by atoms with E-state index in [2.05, 4.69) is 41.9 Å². The quantitative estimate of drug-likeness (QED) is 0.748. The van der Waals surface area contributed by atoms with Crippen LogP contribution in [0.5, 0.6) is 0 Å². The predicted molar refractivity (Wildman–Crippen MR) is 99.5 cm³/mol. The normalized spacial score (nSPS) is 18.6. The summed E-state index contributed by atoms with van der Waals surface area (Å²) in [6.45, 7) is 6.88. The lowest BCUT2D eigenvalue weighted by molar-refractivity contribution is -0.130. The number of para-hydroxylation sites is 2. The van der Waals surface area contributed by atoms with Gasteiger partial charge in [0.05, 0.1) is 11.0 Å². The molecule has 1 aromatic heterocycles. The van der Waals surface area contributed by atoms with Gasteiger partial charge in [0.15, 0.2) is 0 Å². The topological polar surface area (TPSA) is 56.2 Å². The van der Waals surface area contributed by atoms with Crippen LogP contribution in [0, 0.1) is 5.92 Å². The second-order valence-corrected chi connectivity index (χ2v) is 7.04. The van der Waals surface area contributed by atoms with E-state index in [-0.39, 0.29) is 12.0 Å². The zero-order valence-corrected chi connectivity index (χ0v) is 15.3. The number of rotatable bonds is 8. The van der Waals surface area contributed by atoms with Gasteiger partial charge in [-0.25, -0.2) is 4.98 Å². The third kappa shape index (κ3) is 4.40. The standard InChI is InChI=1S/C20H29N3O2/c1-3-15(2)14-23-17-9-5-4-8-16(17)22-19(23)11-6-12-21-20(24)18-10-7-13-25-18/h4-5,8-9,15,18H,3,6-7,10-14H2,1-2H3,(H,21,24). The molecule has 0 radical (unpaired) electrons. The van der Waals surface area contributed by atoms with Gasteiger partial charge < -0.3 is 14.6 Å². The fourth-order valence-corrected chi connectivity index (χ4v) is 3.32. The van der Waals surface area contributed by atoms with Crippen molar-refractivity contribution in [3.05, 3.63) is 30.1 Å². The smallest absolute Gasteiger partial charge is 0.249 e. The number of nitrogens with zero attached hydrogens (tertiary/aromatic N) is 2. The van der Waals surface area contributed by atoms with Crippen molar-refractivity contribution >= 4 is 16.9 Å². The van der Waals surface area contributed by atoms with Gasteiger partial charge >= 0.3 is 0 Å². The third-order valence-corrected chi connectivity index (χ3v) is 5.02. The van der Waals surface area contributed by atoms with E-state index in [0.717, 1.165) is 50.0 Å². The molecule has 2 heterocycles. The molecule has 2 unspecified atom stereocenters. The fourth-order valence-electron chi connectivity index (χ4n) is 3.32. The zero-order chi connectivity index (χ0) is 17.6. The number of aromatic nitrogens is 2. The largest absolute Gasteiger partial charge is 0.368 e. The minimum Gasteiger partial charge on any atom is -0.368 e. The van der Waals surface area contributed by atoms with E-state index in [1.807, 2.05) is 6.07 Å². The summed E-state index contributed by atoms with van der Waals surface area (Å²) in [5.74, 6) is 1.77. The molecule has 1 aromatic carbocycles. The van der Waals surface area contributed by atoms with Gasteiger partial charge in [-0.2, -0.15) is 0 Å². The van der Waals surface area contributed by atoms with E-state index in [9.17, 15) is 4.79 Å². The van der Waals surface area contributed by atoms with E-state index in [0.29, 0.717) is 19.1 Å². The lowest BCUT2D eigenvalue weighted by Gasteiger charge is -2.14. The molecule has 1 aliphatic heterocycles. The average molecular weight is 343 g/mol. The number of carbonyl (C=O) groups excluding carboxylic acids is 1. The summed E-state index contributed by atoms with van der Waals surface area (Å²) in [5.41, 5.74) is 2.27. The Morgan fingerprint density at radius 2 is 2.28 bits per heavy atom. The van der Waals surface area contributed by atoms with Crippen molar-refractivity contribution in [3.63, 3.8) is 0 Å². The van der Waals surface area contributed by atoms with Crippen LogP contribution < -0.4 is 5.32 Å². The number of nitrogens with one attached hydrogen (secondary N) is 1. The Labute approximate surface area is 149 Å². The first-order valence-corrected chi connectivity index (χ1v) is 9.52. The van der Waals surface area contributed by atoms with Gasteiger partial charge in [0.25, 0.3) is 0 Å². The van der Waals surface area contributed by atoms with Crippen LogP contribution in [-0.2, 0) is 22.5 Å². The number of hydrogen-bond acceptors (Lipinski definition) is 3. The van der Waals surface area contributed by atoms with Crippen LogP contribution in [-0.4, -0.2) is 34.7 Å². The first-order chi connectivity index (χ1) is 12.2. The predicted octanol–water partition coefficient (Wildman–Crippen LogP) is 3.31. The van der Waals surface area contributed by atoms with Gasteiger partial charge in [-0.1, -0.05) is 32.4 Å². The highest BCUT2D eigenvalue weighted by Crippen LogP contribution is 2.20. The third-order valence-electron chi connectivity index (χ3n) is 5.02. The average Bonchev–Trinajstić information content (AvgIpc) is 3.27. The van der Waals surface area contributed by atoms with Crippen molar-refractivity contribution in [1.29, 1.82) is 0 Å². The first kappa shape index (κ1) is 17.9. The molecule has 3 rings (SSSR count). The van der Waals surface area contributed by atoms with E-state index < -0.39 is 0 Å². The van der Waals surface area contributed by atoms with Crippen molar-refractivity contribution in [2.75, 3.05) is 13.2 Å². The Hall–Kier alpha value is -1.88. The molecule has 0 spiro atoms. The summed E-state index contributed by atoms with van der Waals surface area (Å²) in [5, 5.41) is 3.00. The van der Waals surface area contributed by atoms with Crippen LogP contribution in [0.1, 0.15) is 45.4 Å². The molecule has 5 heteroatoms. The number of benzene rings is 1. The SMILES string of the molecule is CCC(C)Cn1c(CCCNC(=O)C2CCCO2)nc2ccccc21. The van der Waals surface area contributed by atoms with Crippen molar-refractivity contribution in [2.45, 2.75) is 58.6 Å². The Balaban J connectivity index is 1.60. The number of imidazole rings is 1. The summed E-state index contributed by atoms with van der Waals surface area (Å²) < 4.78 is 7.77. The Morgan fingerprint density at radius 3 is 3.04 bits per heavy atom. The van der Waals surface area contributed by atoms with Crippen molar-refractivity contribution in [3.8, 4) is 0 Å². The molecule has 1 saturated heterocycles. The second kappa shape index (κ2) is 8.48. The number of carbonyl (C=O) groups is 1. The molecule has 0 saturated carbocycles. The number of aryl methyl sites for hydroxylation is 1. The van der Waals surface area contributed by atoms with E-state index in [4.69, 9.17) is 9.72 Å². The molecule has 1 aliphatic rings. The lowest BCUT2D eigenvalue weighted by atomic mass is 10.1. The van der Waals surface area contributed by atoms with Gasteiger partial charge in [-0.3, -0.25) is 4.79 Å².